The molecule has 2 atom stereocenters. The summed E-state index contributed by atoms with van der Waals surface area (Å²) in [5, 5.41) is 0. The van der Waals surface area contributed by atoms with Crippen LogP contribution >= 0.6 is 0 Å². The Balaban J connectivity index is 2.36. The lowest BCUT2D eigenvalue weighted by Gasteiger charge is -2.41. The number of carbonyl (C=O) groups excluding carboxylic acids is 2. The van der Waals surface area contributed by atoms with Crippen LogP contribution in [0.3, 0.4) is 0 Å². The van der Waals surface area contributed by atoms with Crippen molar-refractivity contribution in [2.75, 3.05) is 13.1 Å². The first-order valence-electron chi connectivity index (χ1n) is 8.09. The van der Waals surface area contributed by atoms with Gasteiger partial charge in [0.05, 0.1) is 5.41 Å². The number of hydrogen-bond acceptors (Lipinski definition) is 2. The molecular weight excluding hydrogens is 250 g/mol. The van der Waals surface area contributed by atoms with Crippen LogP contribution in [0.4, 0.5) is 0 Å². The van der Waals surface area contributed by atoms with Crippen LogP contribution in [0.5, 0.6) is 0 Å². The molecule has 2 saturated carbocycles. The summed E-state index contributed by atoms with van der Waals surface area (Å²) < 4.78 is 0. The number of ketones is 1. The fraction of sp³-hybridized carbons (Fsp3) is 0.882. The van der Waals surface area contributed by atoms with Crippen molar-refractivity contribution in [1.29, 1.82) is 0 Å². The smallest absolute Gasteiger partial charge is 0.229 e. The maximum absolute atomic E-state index is 13.2. The summed E-state index contributed by atoms with van der Waals surface area (Å²) in [6.07, 6.45) is 4.17. The molecule has 2 unspecified atom stereocenters. The van der Waals surface area contributed by atoms with Gasteiger partial charge in [0.2, 0.25) is 5.91 Å². The number of hydrogen-bond donors (Lipinski definition) is 0. The van der Waals surface area contributed by atoms with E-state index in [0.717, 1.165) is 38.8 Å². The maximum Gasteiger partial charge on any atom is 0.229 e. The summed E-state index contributed by atoms with van der Waals surface area (Å²) in [7, 11) is 0. The number of nitrogens with zero attached hydrogens (tertiary/aromatic N) is 1. The van der Waals surface area contributed by atoms with Gasteiger partial charge in [0.25, 0.3) is 0 Å². The third-order valence-corrected chi connectivity index (χ3v) is 6.39. The van der Waals surface area contributed by atoms with E-state index in [1.807, 2.05) is 4.90 Å². The van der Waals surface area contributed by atoms with Gasteiger partial charge in [0, 0.05) is 24.9 Å². The van der Waals surface area contributed by atoms with Crippen molar-refractivity contribution in [3.63, 3.8) is 0 Å². The molecule has 2 rings (SSSR count). The minimum atomic E-state index is -0.441. The number of Topliss-reactive ketones (excluding diaryl/α,β-unsaturated/α-hetero) is 1. The fourth-order valence-corrected chi connectivity index (χ4v) is 4.49. The Morgan fingerprint density at radius 1 is 1.10 bits per heavy atom. The van der Waals surface area contributed by atoms with Crippen molar-refractivity contribution < 1.29 is 9.59 Å². The maximum atomic E-state index is 13.2. The van der Waals surface area contributed by atoms with Gasteiger partial charge in [0.15, 0.2) is 0 Å². The highest BCUT2D eigenvalue weighted by Crippen LogP contribution is 2.70. The minimum absolute atomic E-state index is 0.214. The topological polar surface area (TPSA) is 37.4 Å². The molecule has 3 nitrogen and oxygen atoms in total. The minimum Gasteiger partial charge on any atom is -0.342 e. The summed E-state index contributed by atoms with van der Waals surface area (Å²) in [5.41, 5.74) is -0.955. The molecule has 2 fully saturated rings. The molecule has 2 aliphatic rings. The molecule has 0 spiro atoms. The van der Waals surface area contributed by atoms with E-state index in [2.05, 4.69) is 34.6 Å². The van der Waals surface area contributed by atoms with E-state index in [9.17, 15) is 9.59 Å². The van der Waals surface area contributed by atoms with Crippen LogP contribution in [0.25, 0.3) is 0 Å². The second kappa shape index (κ2) is 4.85. The van der Waals surface area contributed by atoms with E-state index in [0.29, 0.717) is 12.2 Å². The van der Waals surface area contributed by atoms with Crippen LogP contribution in [0, 0.1) is 16.2 Å². The Morgan fingerprint density at radius 3 is 2.00 bits per heavy atom. The van der Waals surface area contributed by atoms with Gasteiger partial charge in [-0.3, -0.25) is 9.59 Å². The van der Waals surface area contributed by atoms with Gasteiger partial charge in [-0.25, -0.2) is 0 Å². The van der Waals surface area contributed by atoms with Crippen LogP contribution in [0.1, 0.15) is 66.7 Å². The largest absolute Gasteiger partial charge is 0.342 e. The van der Waals surface area contributed by atoms with Crippen LogP contribution in [-0.2, 0) is 9.59 Å². The summed E-state index contributed by atoms with van der Waals surface area (Å²) >= 11 is 0. The van der Waals surface area contributed by atoms with Gasteiger partial charge in [0.1, 0.15) is 5.78 Å². The van der Waals surface area contributed by atoms with E-state index in [1.54, 1.807) is 0 Å². The molecule has 0 aromatic rings. The zero-order valence-electron chi connectivity index (χ0n) is 13.7. The molecule has 114 valence electrons. The third-order valence-electron chi connectivity index (χ3n) is 6.39. The molecule has 0 N–H and O–H groups in total. The van der Waals surface area contributed by atoms with Crippen molar-refractivity contribution in [2.45, 2.75) is 66.7 Å². The first-order valence-corrected chi connectivity index (χ1v) is 8.09. The zero-order valence-corrected chi connectivity index (χ0v) is 13.7. The van der Waals surface area contributed by atoms with Crippen molar-refractivity contribution in [3.8, 4) is 0 Å². The van der Waals surface area contributed by atoms with Crippen molar-refractivity contribution >= 4 is 11.7 Å². The van der Waals surface area contributed by atoms with E-state index in [4.69, 9.17) is 0 Å². The van der Waals surface area contributed by atoms with Crippen LogP contribution in [0.2, 0.25) is 0 Å². The number of amides is 1. The number of carbonyl (C=O) groups is 2. The monoisotopic (exact) mass is 279 g/mol. The highest BCUT2D eigenvalue weighted by molar-refractivity contribution is 5.99. The highest BCUT2D eigenvalue weighted by atomic mass is 16.2. The molecular formula is C17H29NO2. The standard InChI is InChI=1S/C17H29NO2/c1-6-10-18(11-7-2)14(20)17-9-8-16(5,13(19)12-17)15(17,3)4/h6-12H2,1-5H3. The van der Waals surface area contributed by atoms with E-state index < -0.39 is 5.41 Å². The molecule has 0 radical (unpaired) electrons. The molecule has 0 aromatic carbocycles. The molecule has 20 heavy (non-hydrogen) atoms. The fourth-order valence-electron chi connectivity index (χ4n) is 4.49. The molecule has 0 heterocycles. The Hall–Kier alpha value is -0.860. The molecule has 2 aliphatic carbocycles. The van der Waals surface area contributed by atoms with E-state index in [1.165, 1.54) is 0 Å². The second-order valence-corrected chi connectivity index (χ2v) is 7.43. The number of rotatable bonds is 5. The molecule has 0 aromatic heterocycles. The molecule has 0 saturated heterocycles. The van der Waals surface area contributed by atoms with E-state index >= 15 is 0 Å². The Labute approximate surface area is 123 Å². The lowest BCUT2D eigenvalue weighted by molar-refractivity contribution is -0.147. The highest BCUT2D eigenvalue weighted by Gasteiger charge is 2.72. The van der Waals surface area contributed by atoms with Crippen LogP contribution < -0.4 is 0 Å². The van der Waals surface area contributed by atoms with Gasteiger partial charge in [-0.1, -0.05) is 34.6 Å². The summed E-state index contributed by atoms with van der Waals surface area (Å²) in [5.74, 6) is 0.538. The van der Waals surface area contributed by atoms with Gasteiger partial charge in [-0.15, -0.1) is 0 Å². The lowest BCUT2D eigenvalue weighted by Crippen LogP contribution is -2.49. The first-order chi connectivity index (χ1) is 9.27. The van der Waals surface area contributed by atoms with Gasteiger partial charge >= 0.3 is 0 Å². The quantitative estimate of drug-likeness (QED) is 0.773. The predicted molar refractivity (Wildman–Crippen MR) is 80.3 cm³/mol. The number of fused-ring (bicyclic) bond motifs is 2. The van der Waals surface area contributed by atoms with Gasteiger partial charge in [-0.2, -0.15) is 0 Å². The average molecular weight is 279 g/mol. The summed E-state index contributed by atoms with van der Waals surface area (Å²) in [6, 6.07) is 0. The van der Waals surface area contributed by atoms with Crippen LogP contribution in [-0.4, -0.2) is 29.7 Å². The normalized spacial score (nSPS) is 34.5. The van der Waals surface area contributed by atoms with E-state index in [-0.39, 0.29) is 16.7 Å². The molecule has 1 amide bonds. The van der Waals surface area contributed by atoms with Gasteiger partial charge < -0.3 is 4.90 Å². The zero-order chi connectivity index (χ0) is 15.2. The SMILES string of the molecule is CCCN(CCC)C(=O)C12CCC(C)(C(=O)C1)C2(C)C. The Morgan fingerprint density at radius 2 is 1.65 bits per heavy atom. The lowest BCUT2D eigenvalue weighted by atomic mass is 9.64. The third kappa shape index (κ3) is 1.71. The van der Waals surface area contributed by atoms with Gasteiger partial charge in [-0.05, 0) is 31.1 Å². The van der Waals surface area contributed by atoms with Crippen LogP contribution in [0.15, 0.2) is 0 Å². The van der Waals surface area contributed by atoms with Crippen molar-refractivity contribution in [3.05, 3.63) is 0 Å². The van der Waals surface area contributed by atoms with Crippen molar-refractivity contribution in [1.82, 2.24) is 4.90 Å². The Kier molecular flexibility index (Phi) is 3.77. The average Bonchev–Trinajstić information content (AvgIpc) is 2.68. The Bertz CT molecular complexity index is 423. The molecule has 2 bridgehead atoms. The second-order valence-electron chi connectivity index (χ2n) is 7.43. The van der Waals surface area contributed by atoms with Crippen molar-refractivity contribution in [2.24, 2.45) is 16.2 Å². The first kappa shape index (κ1) is 15.5. The summed E-state index contributed by atoms with van der Waals surface area (Å²) in [6.45, 7) is 12.2. The molecule has 0 aliphatic heterocycles. The predicted octanol–water partition coefficient (Wildman–Crippen LogP) is 3.42. The summed E-state index contributed by atoms with van der Waals surface area (Å²) in [4.78, 5) is 27.6. The molecule has 3 heteroatoms.